The molecule has 1 saturated heterocycles. The molecule has 0 aliphatic carbocycles. The molecule has 7 heteroatoms. The first-order chi connectivity index (χ1) is 8.13. The summed E-state index contributed by atoms with van der Waals surface area (Å²) < 4.78 is 28.1. The Bertz CT molecular complexity index is 400. The minimum atomic E-state index is -3.01. The van der Waals surface area contributed by atoms with E-state index in [0.29, 0.717) is 6.54 Å². The maximum absolute atomic E-state index is 11.5. The van der Waals surface area contributed by atoms with E-state index >= 15 is 0 Å². The number of nitrogens with two attached hydrogens (primary N) is 1. The van der Waals surface area contributed by atoms with Crippen molar-refractivity contribution in [2.24, 2.45) is 17.6 Å². The highest BCUT2D eigenvalue weighted by Crippen LogP contribution is 2.24. The number of carbonyl (C=O) groups excluding carboxylic acids is 1. The van der Waals surface area contributed by atoms with Gasteiger partial charge in [0.2, 0.25) is 0 Å². The molecule has 1 aliphatic heterocycles. The van der Waals surface area contributed by atoms with Gasteiger partial charge in [-0.2, -0.15) is 0 Å². The van der Waals surface area contributed by atoms with Crippen molar-refractivity contribution < 1.29 is 17.9 Å². The van der Waals surface area contributed by atoms with Gasteiger partial charge in [0.15, 0.2) is 9.84 Å². The molecule has 0 bridgehead atoms. The van der Waals surface area contributed by atoms with Crippen LogP contribution in [0.1, 0.15) is 20.8 Å². The van der Waals surface area contributed by atoms with E-state index in [4.69, 9.17) is 10.5 Å². The predicted octanol–water partition coefficient (Wildman–Crippen LogP) is 0.131. The zero-order valence-corrected chi connectivity index (χ0v) is 11.9. The van der Waals surface area contributed by atoms with Crippen molar-refractivity contribution in [3.63, 3.8) is 0 Å². The third-order valence-corrected chi connectivity index (χ3v) is 4.68. The molecular formula is C11H22N2O4S. The lowest BCUT2D eigenvalue weighted by Crippen LogP contribution is -2.38. The van der Waals surface area contributed by atoms with Crippen LogP contribution in [0, 0.1) is 11.8 Å². The monoisotopic (exact) mass is 278 g/mol. The van der Waals surface area contributed by atoms with E-state index in [1.54, 1.807) is 20.8 Å². The number of ether oxygens (including phenoxy) is 1. The Morgan fingerprint density at radius 3 is 2.39 bits per heavy atom. The third-order valence-electron chi connectivity index (χ3n) is 2.81. The molecule has 1 heterocycles. The number of carbonyl (C=O) groups is 1. The molecule has 0 aromatic heterocycles. The first kappa shape index (κ1) is 15.2. The standard InChI is InChI=1S/C11H22N2O4S/c1-11(2,3)17-10(14)13-5-9-7-18(15,16)6-8(9)4-12/h8-9H,4-7,12H2,1-3H3,(H,13,14)/t8-,9+/m0/s1. The molecule has 1 fully saturated rings. The second kappa shape index (κ2) is 5.44. The average molecular weight is 278 g/mol. The normalized spacial score (nSPS) is 26.9. The first-order valence-electron chi connectivity index (χ1n) is 6.00. The van der Waals surface area contributed by atoms with Crippen LogP contribution in [-0.2, 0) is 14.6 Å². The summed E-state index contributed by atoms with van der Waals surface area (Å²) in [4.78, 5) is 11.5. The molecule has 2 atom stereocenters. The summed E-state index contributed by atoms with van der Waals surface area (Å²) >= 11 is 0. The molecule has 6 nitrogen and oxygen atoms in total. The van der Waals surface area contributed by atoms with E-state index in [1.807, 2.05) is 0 Å². The zero-order chi connectivity index (χ0) is 14.0. The minimum absolute atomic E-state index is 0.0788. The van der Waals surface area contributed by atoms with Gasteiger partial charge in [0.1, 0.15) is 5.60 Å². The van der Waals surface area contributed by atoms with Crippen LogP contribution in [0.25, 0.3) is 0 Å². The lowest BCUT2D eigenvalue weighted by Gasteiger charge is -2.21. The summed E-state index contributed by atoms with van der Waals surface area (Å²) in [7, 11) is -3.01. The molecule has 1 amide bonds. The van der Waals surface area contributed by atoms with Crippen molar-refractivity contribution in [3.8, 4) is 0 Å². The quantitative estimate of drug-likeness (QED) is 0.764. The fourth-order valence-corrected chi connectivity index (χ4v) is 4.25. The van der Waals surface area contributed by atoms with Crippen molar-refractivity contribution >= 4 is 15.9 Å². The topological polar surface area (TPSA) is 98.5 Å². The lowest BCUT2D eigenvalue weighted by molar-refractivity contribution is 0.0517. The summed E-state index contributed by atoms with van der Waals surface area (Å²) in [5.41, 5.74) is 4.99. The Labute approximate surface area is 108 Å². The highest BCUT2D eigenvalue weighted by atomic mass is 32.2. The molecule has 1 aliphatic rings. The molecule has 0 saturated carbocycles. The van der Waals surface area contributed by atoms with Crippen LogP contribution in [0.4, 0.5) is 4.79 Å². The van der Waals surface area contributed by atoms with Crippen molar-refractivity contribution in [1.29, 1.82) is 0 Å². The fraction of sp³-hybridized carbons (Fsp3) is 0.909. The molecule has 3 N–H and O–H groups in total. The van der Waals surface area contributed by atoms with E-state index in [2.05, 4.69) is 5.32 Å². The molecule has 0 aromatic carbocycles. The largest absolute Gasteiger partial charge is 0.444 e. The molecule has 0 radical (unpaired) electrons. The molecule has 0 unspecified atom stereocenters. The Morgan fingerprint density at radius 1 is 1.33 bits per heavy atom. The summed E-state index contributed by atoms with van der Waals surface area (Å²) in [6.07, 6.45) is -0.525. The van der Waals surface area contributed by atoms with Gasteiger partial charge >= 0.3 is 6.09 Å². The number of amides is 1. The van der Waals surface area contributed by atoms with Crippen molar-refractivity contribution in [3.05, 3.63) is 0 Å². The van der Waals surface area contributed by atoms with Gasteiger partial charge in [-0.1, -0.05) is 0 Å². The number of hydrogen-bond donors (Lipinski definition) is 2. The second-order valence-corrected chi connectivity index (χ2v) is 7.87. The van der Waals surface area contributed by atoms with Gasteiger partial charge in [0.05, 0.1) is 11.5 Å². The summed E-state index contributed by atoms with van der Waals surface area (Å²) in [6, 6.07) is 0. The van der Waals surface area contributed by atoms with Crippen LogP contribution < -0.4 is 11.1 Å². The van der Waals surface area contributed by atoms with Crippen molar-refractivity contribution in [2.45, 2.75) is 26.4 Å². The fourth-order valence-electron chi connectivity index (χ4n) is 2.01. The van der Waals surface area contributed by atoms with E-state index in [1.165, 1.54) is 0 Å². The van der Waals surface area contributed by atoms with E-state index in [-0.39, 0.29) is 29.9 Å². The van der Waals surface area contributed by atoms with Crippen molar-refractivity contribution in [2.75, 3.05) is 24.6 Å². The van der Waals surface area contributed by atoms with Gasteiger partial charge in [-0.25, -0.2) is 13.2 Å². The second-order valence-electron chi connectivity index (χ2n) is 5.72. The first-order valence-corrected chi connectivity index (χ1v) is 7.82. The van der Waals surface area contributed by atoms with E-state index in [9.17, 15) is 13.2 Å². The molecule has 18 heavy (non-hydrogen) atoms. The Kier molecular flexibility index (Phi) is 4.61. The van der Waals surface area contributed by atoms with E-state index < -0.39 is 21.5 Å². The lowest BCUT2D eigenvalue weighted by atomic mass is 9.96. The third kappa shape index (κ3) is 4.81. The Hall–Kier alpha value is -0.820. The van der Waals surface area contributed by atoms with Gasteiger partial charge in [0.25, 0.3) is 0 Å². The SMILES string of the molecule is CC(C)(C)OC(=O)NC[C@@H]1CS(=O)(=O)C[C@@H]1CN. The average Bonchev–Trinajstić information content (AvgIpc) is 2.47. The van der Waals surface area contributed by atoms with Gasteiger partial charge in [0, 0.05) is 6.54 Å². The van der Waals surface area contributed by atoms with Crippen LogP contribution >= 0.6 is 0 Å². The summed E-state index contributed by atoms with van der Waals surface area (Å²) in [6.45, 7) is 5.93. The smallest absolute Gasteiger partial charge is 0.407 e. The molecule has 0 spiro atoms. The molecule has 106 valence electrons. The Balaban J connectivity index is 2.46. The highest BCUT2D eigenvalue weighted by molar-refractivity contribution is 7.91. The summed E-state index contributed by atoms with van der Waals surface area (Å²) in [5, 5.41) is 2.60. The molecular weight excluding hydrogens is 256 g/mol. The van der Waals surface area contributed by atoms with Crippen molar-refractivity contribution in [1.82, 2.24) is 5.32 Å². The van der Waals surface area contributed by atoms with Crippen LogP contribution in [0.5, 0.6) is 0 Å². The number of sulfone groups is 1. The summed E-state index contributed by atoms with van der Waals surface area (Å²) in [5.74, 6) is 0.00640. The maximum Gasteiger partial charge on any atom is 0.407 e. The highest BCUT2D eigenvalue weighted by Gasteiger charge is 2.36. The van der Waals surface area contributed by atoms with Crippen LogP contribution in [0.2, 0.25) is 0 Å². The van der Waals surface area contributed by atoms with Gasteiger partial charge in [-0.05, 0) is 39.2 Å². The van der Waals surface area contributed by atoms with E-state index in [0.717, 1.165) is 0 Å². The predicted molar refractivity (Wildman–Crippen MR) is 68.9 cm³/mol. The van der Waals surface area contributed by atoms with Crippen LogP contribution in [-0.4, -0.2) is 44.7 Å². The molecule has 1 rings (SSSR count). The minimum Gasteiger partial charge on any atom is -0.444 e. The van der Waals surface area contributed by atoms with Gasteiger partial charge < -0.3 is 15.8 Å². The van der Waals surface area contributed by atoms with Gasteiger partial charge in [-0.3, -0.25) is 0 Å². The van der Waals surface area contributed by atoms with Crippen LogP contribution in [0.3, 0.4) is 0 Å². The van der Waals surface area contributed by atoms with Gasteiger partial charge in [-0.15, -0.1) is 0 Å². The van der Waals surface area contributed by atoms with Crippen LogP contribution in [0.15, 0.2) is 0 Å². The molecule has 0 aromatic rings. The number of nitrogens with one attached hydrogen (secondary N) is 1. The Morgan fingerprint density at radius 2 is 1.89 bits per heavy atom. The zero-order valence-electron chi connectivity index (χ0n) is 11.1. The number of hydrogen-bond acceptors (Lipinski definition) is 5. The maximum atomic E-state index is 11.5. The number of alkyl carbamates (subject to hydrolysis) is 1. The number of rotatable bonds is 3.